The fourth-order valence-corrected chi connectivity index (χ4v) is 5.30. The van der Waals surface area contributed by atoms with Crippen molar-refractivity contribution in [1.29, 1.82) is 0 Å². The van der Waals surface area contributed by atoms with Gasteiger partial charge in [0.2, 0.25) is 15.9 Å². The fourth-order valence-electron chi connectivity index (χ4n) is 3.71. The van der Waals surface area contributed by atoms with E-state index in [2.05, 4.69) is 11.4 Å². The lowest BCUT2D eigenvalue weighted by Gasteiger charge is -2.32. The summed E-state index contributed by atoms with van der Waals surface area (Å²) >= 11 is 0. The summed E-state index contributed by atoms with van der Waals surface area (Å²) in [4.78, 5) is 12.5. The van der Waals surface area contributed by atoms with Gasteiger partial charge in [-0.25, -0.2) is 12.7 Å². The van der Waals surface area contributed by atoms with Crippen molar-refractivity contribution >= 4 is 15.9 Å². The van der Waals surface area contributed by atoms with E-state index in [9.17, 15) is 13.2 Å². The van der Waals surface area contributed by atoms with E-state index in [4.69, 9.17) is 4.74 Å². The van der Waals surface area contributed by atoms with Gasteiger partial charge in [-0.1, -0.05) is 25.1 Å². The third-order valence-electron chi connectivity index (χ3n) is 5.13. The van der Waals surface area contributed by atoms with Gasteiger partial charge in [-0.05, 0) is 37.3 Å². The number of piperidine rings is 1. The maximum absolute atomic E-state index is 12.5. The van der Waals surface area contributed by atoms with Crippen LogP contribution in [0.15, 0.2) is 24.3 Å². The summed E-state index contributed by atoms with van der Waals surface area (Å²) < 4.78 is 31.8. The van der Waals surface area contributed by atoms with Gasteiger partial charge in [-0.15, -0.1) is 0 Å². The third-order valence-corrected chi connectivity index (χ3v) is 7.17. The second-order valence-electron chi connectivity index (χ2n) is 7.25. The number of fused-ring (bicyclic) bond motifs is 1. The Bertz CT molecular complexity index is 735. The van der Waals surface area contributed by atoms with Gasteiger partial charge >= 0.3 is 0 Å². The number of amides is 1. The molecule has 2 atom stereocenters. The molecule has 0 bridgehead atoms. The second-order valence-corrected chi connectivity index (χ2v) is 9.34. The first-order valence-corrected chi connectivity index (χ1v) is 11.1. The van der Waals surface area contributed by atoms with Gasteiger partial charge in [0, 0.05) is 25.6 Å². The van der Waals surface area contributed by atoms with Crippen LogP contribution in [-0.2, 0) is 21.2 Å². The van der Waals surface area contributed by atoms with Crippen molar-refractivity contribution in [3.8, 4) is 5.75 Å². The van der Waals surface area contributed by atoms with E-state index in [0.29, 0.717) is 32.7 Å². The zero-order valence-electron chi connectivity index (χ0n) is 15.3. The Morgan fingerprint density at radius 2 is 2.15 bits per heavy atom. The lowest BCUT2D eigenvalue weighted by atomic mass is 9.95. The number of rotatable bonds is 6. The Morgan fingerprint density at radius 1 is 1.35 bits per heavy atom. The molecule has 0 aromatic heterocycles. The number of carbonyl (C=O) groups excluding carboxylic acids is 1. The van der Waals surface area contributed by atoms with E-state index < -0.39 is 10.0 Å². The van der Waals surface area contributed by atoms with Crippen molar-refractivity contribution in [1.82, 2.24) is 9.62 Å². The van der Waals surface area contributed by atoms with Crippen LogP contribution in [0.4, 0.5) is 0 Å². The first kappa shape index (κ1) is 19.2. The van der Waals surface area contributed by atoms with E-state index >= 15 is 0 Å². The molecule has 0 aliphatic carbocycles. The number of benzene rings is 1. The van der Waals surface area contributed by atoms with Gasteiger partial charge in [0.15, 0.2) is 0 Å². The van der Waals surface area contributed by atoms with Crippen LogP contribution >= 0.6 is 0 Å². The molecule has 1 saturated heterocycles. The zero-order valence-corrected chi connectivity index (χ0v) is 16.1. The van der Waals surface area contributed by atoms with Gasteiger partial charge in [0.05, 0.1) is 18.3 Å². The molecular formula is C19H28N2O4S. The minimum Gasteiger partial charge on any atom is -0.493 e. The van der Waals surface area contributed by atoms with E-state index in [0.717, 1.165) is 25.0 Å². The minimum absolute atomic E-state index is 0.0414. The van der Waals surface area contributed by atoms with Gasteiger partial charge < -0.3 is 10.1 Å². The number of para-hydroxylation sites is 1. The summed E-state index contributed by atoms with van der Waals surface area (Å²) in [5, 5.41) is 3.02. The first-order valence-electron chi connectivity index (χ1n) is 9.46. The van der Waals surface area contributed by atoms with Gasteiger partial charge in [-0.2, -0.15) is 0 Å². The van der Waals surface area contributed by atoms with E-state index in [-0.39, 0.29) is 23.5 Å². The fraction of sp³-hybridized carbons (Fsp3) is 0.632. The zero-order chi connectivity index (χ0) is 18.6. The molecule has 3 rings (SSSR count). The van der Waals surface area contributed by atoms with Crippen molar-refractivity contribution in [3.63, 3.8) is 0 Å². The molecule has 144 valence electrons. The molecule has 1 fully saturated rings. The smallest absolute Gasteiger partial charge is 0.224 e. The number of ether oxygens (including phenoxy) is 1. The Kier molecular flexibility index (Phi) is 6.19. The van der Waals surface area contributed by atoms with E-state index in [1.807, 2.05) is 25.1 Å². The molecule has 1 N–H and O–H groups in total. The Morgan fingerprint density at radius 3 is 2.96 bits per heavy atom. The molecule has 0 radical (unpaired) electrons. The van der Waals surface area contributed by atoms with Crippen molar-refractivity contribution in [3.05, 3.63) is 29.8 Å². The maximum atomic E-state index is 12.5. The topological polar surface area (TPSA) is 75.7 Å². The lowest BCUT2D eigenvalue weighted by Crippen LogP contribution is -2.47. The normalized spacial score (nSPS) is 23.7. The van der Waals surface area contributed by atoms with Crippen LogP contribution < -0.4 is 10.1 Å². The number of nitrogens with zero attached hydrogens (tertiary/aromatic N) is 1. The molecule has 7 heteroatoms. The van der Waals surface area contributed by atoms with Crippen LogP contribution in [0, 0.1) is 11.8 Å². The standard InChI is InChI=1S/C19H28N2O4S/c1-2-10-26(23,24)21-9-5-7-17(13-21)19(22)20-12-15-11-16-6-3-4-8-18(16)25-14-15/h3-4,6,8,15,17H,2,5,7,9-14H2,1H3,(H,20,22)/t15-,17-/m0/s1. The van der Waals surface area contributed by atoms with Crippen LogP contribution in [0.3, 0.4) is 0 Å². The van der Waals surface area contributed by atoms with Gasteiger partial charge in [-0.3, -0.25) is 4.79 Å². The molecule has 6 nitrogen and oxygen atoms in total. The highest BCUT2D eigenvalue weighted by atomic mass is 32.2. The third kappa shape index (κ3) is 4.57. The molecule has 0 unspecified atom stereocenters. The summed E-state index contributed by atoms with van der Waals surface area (Å²) in [7, 11) is -3.24. The van der Waals surface area contributed by atoms with Gasteiger partial charge in [0.1, 0.15) is 5.75 Å². The molecule has 2 aliphatic heterocycles. The van der Waals surface area contributed by atoms with Crippen molar-refractivity contribution in [2.75, 3.05) is 32.0 Å². The van der Waals surface area contributed by atoms with Crippen LogP contribution in [0.1, 0.15) is 31.7 Å². The number of hydrogen-bond acceptors (Lipinski definition) is 4. The SMILES string of the molecule is CCCS(=O)(=O)N1CCC[C@H](C(=O)NC[C@H]2COc3ccccc3C2)C1. The van der Waals surface area contributed by atoms with Crippen molar-refractivity contribution < 1.29 is 17.9 Å². The predicted octanol–water partition coefficient (Wildman–Crippen LogP) is 1.81. The summed E-state index contributed by atoms with van der Waals surface area (Å²) in [5.74, 6) is 1.03. The summed E-state index contributed by atoms with van der Waals surface area (Å²) in [6.45, 7) is 3.85. The molecule has 0 spiro atoms. The second kappa shape index (κ2) is 8.39. The Hall–Kier alpha value is -1.60. The molecule has 1 amide bonds. The Balaban J connectivity index is 1.51. The quantitative estimate of drug-likeness (QED) is 0.817. The number of sulfonamides is 1. The van der Waals surface area contributed by atoms with Crippen LogP contribution in [0.5, 0.6) is 5.75 Å². The number of nitrogens with one attached hydrogen (secondary N) is 1. The highest BCUT2D eigenvalue weighted by molar-refractivity contribution is 7.89. The first-order chi connectivity index (χ1) is 12.5. The average Bonchev–Trinajstić information content (AvgIpc) is 2.66. The summed E-state index contributed by atoms with van der Waals surface area (Å²) in [5.41, 5.74) is 1.17. The van der Waals surface area contributed by atoms with Crippen LogP contribution in [0.25, 0.3) is 0 Å². The molecule has 0 saturated carbocycles. The monoisotopic (exact) mass is 380 g/mol. The molecule has 2 aliphatic rings. The molecule has 1 aromatic carbocycles. The molecule has 26 heavy (non-hydrogen) atoms. The number of carbonyl (C=O) groups is 1. The van der Waals surface area contributed by atoms with E-state index in [1.54, 1.807) is 0 Å². The van der Waals surface area contributed by atoms with E-state index in [1.165, 1.54) is 9.87 Å². The predicted molar refractivity (Wildman–Crippen MR) is 101 cm³/mol. The van der Waals surface area contributed by atoms with Crippen LogP contribution in [-0.4, -0.2) is 50.6 Å². The number of hydrogen-bond donors (Lipinski definition) is 1. The average molecular weight is 381 g/mol. The highest BCUT2D eigenvalue weighted by Crippen LogP contribution is 2.26. The van der Waals surface area contributed by atoms with Gasteiger partial charge in [0.25, 0.3) is 0 Å². The van der Waals surface area contributed by atoms with Crippen molar-refractivity contribution in [2.24, 2.45) is 11.8 Å². The summed E-state index contributed by atoms with van der Waals surface area (Å²) in [6, 6.07) is 7.98. The Labute approximate surface area is 156 Å². The molecule has 1 aromatic rings. The molecular weight excluding hydrogens is 352 g/mol. The molecule has 2 heterocycles. The minimum atomic E-state index is -3.24. The largest absolute Gasteiger partial charge is 0.493 e. The maximum Gasteiger partial charge on any atom is 0.224 e. The van der Waals surface area contributed by atoms with Crippen molar-refractivity contribution in [2.45, 2.75) is 32.6 Å². The van der Waals surface area contributed by atoms with Crippen LogP contribution in [0.2, 0.25) is 0 Å². The summed E-state index contributed by atoms with van der Waals surface area (Å²) in [6.07, 6.45) is 2.96. The highest BCUT2D eigenvalue weighted by Gasteiger charge is 2.32. The lowest BCUT2D eigenvalue weighted by molar-refractivity contribution is -0.126.